The Morgan fingerprint density at radius 3 is 1.46 bits per heavy atom. The van der Waals surface area contributed by atoms with Crippen LogP contribution in [0.25, 0.3) is 0 Å². The first-order valence-electron chi connectivity index (χ1n) is 6.12. The Hall–Kier alpha value is 0. The molecule has 0 aromatic heterocycles. The highest BCUT2D eigenvalue weighted by atomic mass is 14.0. The molecule has 78 valence electrons. The molecule has 2 radical (unpaired) electrons. The van der Waals surface area contributed by atoms with Crippen molar-refractivity contribution in [3.05, 3.63) is 6.42 Å². The van der Waals surface area contributed by atoms with Crippen LogP contribution in [-0.4, -0.2) is 0 Å². The zero-order chi connectivity index (χ0) is 9.78. The van der Waals surface area contributed by atoms with Crippen LogP contribution in [-0.2, 0) is 0 Å². The van der Waals surface area contributed by atoms with Gasteiger partial charge in [-0.3, -0.25) is 0 Å². The third-order valence-corrected chi connectivity index (χ3v) is 2.41. The molecule has 0 saturated carbocycles. The van der Waals surface area contributed by atoms with Crippen molar-refractivity contribution in [2.45, 2.75) is 78.1 Å². The molecule has 0 bridgehead atoms. The molecule has 0 atom stereocenters. The lowest BCUT2D eigenvalue weighted by Crippen LogP contribution is -1.81. The average Bonchev–Trinajstić information content (AvgIpc) is 2.16. The predicted octanol–water partition coefficient (Wildman–Crippen LogP) is 5.01. The summed E-state index contributed by atoms with van der Waals surface area (Å²) in [5.41, 5.74) is 0. The van der Waals surface area contributed by atoms with Crippen molar-refractivity contribution in [1.29, 1.82) is 0 Å². The number of rotatable bonds is 10. The number of unbranched alkanes of at least 4 members (excludes halogenated alkanes) is 10. The Bertz CT molecular complexity index is 66.1. The molecule has 0 spiro atoms. The van der Waals surface area contributed by atoms with Crippen molar-refractivity contribution >= 4 is 0 Å². The van der Waals surface area contributed by atoms with Gasteiger partial charge in [-0.25, -0.2) is 0 Å². The molecular formula is C13H26. The predicted molar refractivity (Wildman–Crippen MR) is 60.8 cm³/mol. The van der Waals surface area contributed by atoms with Crippen LogP contribution in [0.3, 0.4) is 0 Å². The van der Waals surface area contributed by atoms with E-state index in [9.17, 15) is 0 Å². The topological polar surface area (TPSA) is 0 Å². The van der Waals surface area contributed by atoms with Gasteiger partial charge in [-0.15, -0.1) is 0 Å². The second-order valence-electron chi connectivity index (χ2n) is 3.87. The van der Waals surface area contributed by atoms with Gasteiger partial charge in [0, 0.05) is 0 Å². The molecule has 0 aromatic rings. The normalized spacial score (nSPS) is 10.6. The van der Waals surface area contributed by atoms with Gasteiger partial charge in [0.2, 0.25) is 0 Å². The fourth-order valence-electron chi connectivity index (χ4n) is 1.48. The Balaban J connectivity index is 2.76. The monoisotopic (exact) mass is 182 g/mol. The minimum atomic E-state index is 1.23. The molecule has 0 heteroatoms. The van der Waals surface area contributed by atoms with Gasteiger partial charge in [0.25, 0.3) is 0 Å². The van der Waals surface area contributed by atoms with E-state index in [1.165, 1.54) is 64.2 Å². The molecule has 0 unspecified atom stereocenters. The molecule has 13 heavy (non-hydrogen) atoms. The van der Waals surface area contributed by atoms with Crippen LogP contribution in [0, 0.1) is 6.42 Å². The fraction of sp³-hybridized carbons (Fsp3) is 0.923. The van der Waals surface area contributed by atoms with Crippen LogP contribution < -0.4 is 0 Å². The SMILES string of the molecule is CCCCCC[C]CCCCCC. The van der Waals surface area contributed by atoms with E-state index in [1.54, 1.807) is 0 Å². The summed E-state index contributed by atoms with van der Waals surface area (Å²) in [6.07, 6.45) is 17.0. The summed E-state index contributed by atoms with van der Waals surface area (Å²) in [6, 6.07) is 0. The maximum atomic E-state index is 3.50. The van der Waals surface area contributed by atoms with Crippen molar-refractivity contribution in [1.82, 2.24) is 0 Å². The Morgan fingerprint density at radius 2 is 1.08 bits per heavy atom. The first-order valence-corrected chi connectivity index (χ1v) is 6.12. The summed E-state index contributed by atoms with van der Waals surface area (Å²) in [7, 11) is 0. The van der Waals surface area contributed by atoms with Gasteiger partial charge in [0.15, 0.2) is 0 Å². The van der Waals surface area contributed by atoms with Gasteiger partial charge in [-0.1, -0.05) is 65.2 Å². The van der Waals surface area contributed by atoms with E-state index in [0.29, 0.717) is 0 Å². The molecule has 0 heterocycles. The van der Waals surface area contributed by atoms with Gasteiger partial charge in [-0.05, 0) is 19.3 Å². The summed E-state index contributed by atoms with van der Waals surface area (Å²) in [5.74, 6) is 0. The van der Waals surface area contributed by atoms with E-state index < -0.39 is 0 Å². The second kappa shape index (κ2) is 12.0. The van der Waals surface area contributed by atoms with Crippen LogP contribution in [0.5, 0.6) is 0 Å². The average molecular weight is 182 g/mol. The summed E-state index contributed by atoms with van der Waals surface area (Å²) >= 11 is 0. The van der Waals surface area contributed by atoms with Crippen LogP contribution in [0.15, 0.2) is 0 Å². The molecule has 0 nitrogen and oxygen atoms in total. The molecule has 0 aliphatic rings. The summed E-state index contributed by atoms with van der Waals surface area (Å²) < 4.78 is 0. The van der Waals surface area contributed by atoms with E-state index in [1.807, 2.05) is 0 Å². The first-order chi connectivity index (χ1) is 6.41. The Kier molecular flexibility index (Phi) is 12.0. The van der Waals surface area contributed by atoms with Crippen molar-refractivity contribution in [2.75, 3.05) is 0 Å². The lowest BCUT2D eigenvalue weighted by Gasteiger charge is -2.00. The van der Waals surface area contributed by atoms with Crippen LogP contribution in [0.4, 0.5) is 0 Å². The van der Waals surface area contributed by atoms with E-state index in [0.717, 1.165) is 0 Å². The van der Waals surface area contributed by atoms with Gasteiger partial charge < -0.3 is 0 Å². The van der Waals surface area contributed by atoms with Crippen molar-refractivity contribution in [3.8, 4) is 0 Å². The molecular weight excluding hydrogens is 156 g/mol. The zero-order valence-electron chi connectivity index (χ0n) is 9.57. The molecule has 0 N–H and O–H groups in total. The van der Waals surface area contributed by atoms with Crippen molar-refractivity contribution in [2.24, 2.45) is 0 Å². The summed E-state index contributed by atoms with van der Waals surface area (Å²) in [6.45, 7) is 4.52. The highest BCUT2D eigenvalue weighted by Gasteiger charge is 1.91. The van der Waals surface area contributed by atoms with Gasteiger partial charge in [0.1, 0.15) is 0 Å². The van der Waals surface area contributed by atoms with Crippen LogP contribution >= 0.6 is 0 Å². The van der Waals surface area contributed by atoms with E-state index in [4.69, 9.17) is 0 Å². The third kappa shape index (κ3) is 12.0. The minimum absolute atomic E-state index is 1.23. The largest absolute Gasteiger partial charge is 0.0654 e. The zero-order valence-corrected chi connectivity index (χ0v) is 9.57. The van der Waals surface area contributed by atoms with Crippen LogP contribution in [0.2, 0.25) is 0 Å². The Labute approximate surface area is 85.1 Å². The third-order valence-electron chi connectivity index (χ3n) is 2.41. The highest BCUT2D eigenvalue weighted by Crippen LogP contribution is 2.09. The molecule has 0 fully saturated rings. The second-order valence-corrected chi connectivity index (χ2v) is 3.87. The quantitative estimate of drug-likeness (QED) is 0.417. The van der Waals surface area contributed by atoms with Crippen LogP contribution in [0.1, 0.15) is 78.1 Å². The first kappa shape index (κ1) is 13.0. The summed E-state index contributed by atoms with van der Waals surface area (Å²) in [4.78, 5) is 0. The van der Waals surface area contributed by atoms with Gasteiger partial charge >= 0.3 is 0 Å². The van der Waals surface area contributed by atoms with Crippen molar-refractivity contribution < 1.29 is 0 Å². The maximum absolute atomic E-state index is 3.50. The molecule has 0 amide bonds. The minimum Gasteiger partial charge on any atom is -0.0654 e. The molecule has 0 aliphatic heterocycles. The molecule has 0 saturated heterocycles. The van der Waals surface area contributed by atoms with E-state index in [-0.39, 0.29) is 0 Å². The summed E-state index contributed by atoms with van der Waals surface area (Å²) in [5, 5.41) is 0. The smallest absolute Gasteiger partial charge is 0.0173 e. The molecule has 0 rings (SSSR count). The number of hydrogen-bond donors (Lipinski definition) is 0. The standard InChI is InChI=1S/C13H26/c1-3-5-7-9-11-13-12-10-8-6-4-2/h3-12H2,1-2H3. The highest BCUT2D eigenvalue weighted by molar-refractivity contribution is 4.64. The molecule has 0 aliphatic carbocycles. The molecule has 0 aromatic carbocycles. The van der Waals surface area contributed by atoms with Crippen molar-refractivity contribution in [3.63, 3.8) is 0 Å². The number of hydrogen-bond acceptors (Lipinski definition) is 0. The lowest BCUT2D eigenvalue weighted by molar-refractivity contribution is 0.621. The fourth-order valence-corrected chi connectivity index (χ4v) is 1.48. The lowest BCUT2D eigenvalue weighted by atomic mass is 10.1. The van der Waals surface area contributed by atoms with Gasteiger partial charge in [0.05, 0.1) is 0 Å². The van der Waals surface area contributed by atoms with E-state index in [2.05, 4.69) is 20.3 Å². The maximum Gasteiger partial charge on any atom is -0.0173 e. The van der Waals surface area contributed by atoms with Gasteiger partial charge in [-0.2, -0.15) is 0 Å². The Morgan fingerprint density at radius 1 is 0.615 bits per heavy atom. The van der Waals surface area contributed by atoms with E-state index >= 15 is 0 Å².